The molecule has 0 aromatic carbocycles. The third-order valence-corrected chi connectivity index (χ3v) is 5.36. The molecule has 1 rings (SSSR count). The van der Waals surface area contributed by atoms with Gasteiger partial charge in [-0.3, -0.25) is 0 Å². The van der Waals surface area contributed by atoms with Crippen molar-refractivity contribution in [2.45, 2.75) is 57.2 Å². The van der Waals surface area contributed by atoms with Crippen molar-refractivity contribution in [2.75, 3.05) is 12.8 Å². The monoisotopic (exact) mass is 215 g/mol. The molecule has 0 aromatic heterocycles. The average Bonchev–Trinajstić information content (AvgIpc) is 2.15. The lowest BCUT2D eigenvalue weighted by atomic mass is 9.83. The van der Waals surface area contributed by atoms with Crippen LogP contribution in [0.15, 0.2) is 0 Å². The van der Waals surface area contributed by atoms with E-state index in [-0.39, 0.29) is 0 Å². The van der Waals surface area contributed by atoms with Crippen molar-refractivity contribution >= 4 is 11.8 Å². The molecule has 14 heavy (non-hydrogen) atoms. The summed E-state index contributed by atoms with van der Waals surface area (Å²) >= 11 is 2.06. The lowest BCUT2D eigenvalue weighted by Crippen LogP contribution is -2.47. The van der Waals surface area contributed by atoms with Crippen LogP contribution in [0.2, 0.25) is 0 Å². The molecule has 0 bridgehead atoms. The van der Waals surface area contributed by atoms with Crippen LogP contribution in [0.25, 0.3) is 0 Å². The number of thioether (sulfide) groups is 1. The van der Waals surface area contributed by atoms with Crippen molar-refractivity contribution in [1.29, 1.82) is 0 Å². The Morgan fingerprint density at radius 3 is 2.36 bits per heavy atom. The van der Waals surface area contributed by atoms with Crippen LogP contribution in [0.3, 0.4) is 0 Å². The molecule has 2 unspecified atom stereocenters. The van der Waals surface area contributed by atoms with Gasteiger partial charge in [0.25, 0.3) is 0 Å². The van der Waals surface area contributed by atoms with Gasteiger partial charge < -0.3 is 5.32 Å². The first kappa shape index (κ1) is 12.4. The zero-order valence-electron chi connectivity index (χ0n) is 10.1. The highest BCUT2D eigenvalue weighted by molar-refractivity contribution is 8.00. The Morgan fingerprint density at radius 1 is 1.36 bits per heavy atom. The maximum absolute atomic E-state index is 3.71. The molecule has 1 aliphatic carbocycles. The predicted molar refractivity (Wildman–Crippen MR) is 67.0 cm³/mol. The van der Waals surface area contributed by atoms with E-state index in [2.05, 4.69) is 44.1 Å². The van der Waals surface area contributed by atoms with Crippen molar-refractivity contribution in [3.63, 3.8) is 0 Å². The summed E-state index contributed by atoms with van der Waals surface area (Å²) in [5.74, 6) is 0.800. The molecule has 1 N–H and O–H groups in total. The molecule has 2 heteroatoms. The van der Waals surface area contributed by atoms with E-state index in [0.29, 0.717) is 10.8 Å². The van der Waals surface area contributed by atoms with Gasteiger partial charge in [0.1, 0.15) is 0 Å². The van der Waals surface area contributed by atoms with Gasteiger partial charge in [0.05, 0.1) is 0 Å². The van der Waals surface area contributed by atoms with Gasteiger partial charge in [0, 0.05) is 17.3 Å². The Balaban J connectivity index is 2.25. The Morgan fingerprint density at radius 2 is 2.00 bits per heavy atom. The van der Waals surface area contributed by atoms with E-state index in [1.165, 1.54) is 32.2 Å². The van der Waals surface area contributed by atoms with Crippen LogP contribution < -0.4 is 5.32 Å². The van der Waals surface area contributed by atoms with Crippen LogP contribution in [0.5, 0.6) is 0 Å². The number of hydrogen-bond donors (Lipinski definition) is 1. The van der Waals surface area contributed by atoms with Crippen molar-refractivity contribution in [1.82, 2.24) is 5.32 Å². The zero-order valence-corrected chi connectivity index (χ0v) is 10.9. The quantitative estimate of drug-likeness (QED) is 0.729. The summed E-state index contributed by atoms with van der Waals surface area (Å²) in [4.78, 5) is 0. The maximum Gasteiger partial charge on any atom is 0.0281 e. The minimum Gasteiger partial charge on any atom is -0.313 e. The second-order valence-corrected chi connectivity index (χ2v) is 6.07. The Kier molecular flexibility index (Phi) is 4.78. The lowest BCUT2D eigenvalue weighted by molar-refractivity contribution is 0.306. The molecule has 1 fully saturated rings. The number of rotatable bonds is 6. The second kappa shape index (κ2) is 5.41. The Labute approximate surface area is 93.4 Å². The van der Waals surface area contributed by atoms with E-state index in [1.54, 1.807) is 0 Å². The summed E-state index contributed by atoms with van der Waals surface area (Å²) in [5.41, 5.74) is 0. The van der Waals surface area contributed by atoms with E-state index >= 15 is 0 Å². The van der Waals surface area contributed by atoms with Gasteiger partial charge in [-0.15, -0.1) is 0 Å². The highest BCUT2D eigenvalue weighted by Crippen LogP contribution is 2.42. The molecule has 0 radical (unpaired) electrons. The molecule has 1 aliphatic rings. The molecule has 0 aliphatic heterocycles. The molecule has 1 nitrogen and oxygen atoms in total. The lowest BCUT2D eigenvalue weighted by Gasteiger charge is -2.41. The molecule has 0 amide bonds. The van der Waals surface area contributed by atoms with E-state index in [4.69, 9.17) is 0 Å². The van der Waals surface area contributed by atoms with E-state index in [1.807, 2.05) is 0 Å². The summed E-state index contributed by atoms with van der Waals surface area (Å²) in [6, 6.07) is 0.671. The smallest absolute Gasteiger partial charge is 0.0281 e. The largest absolute Gasteiger partial charge is 0.313 e. The molecule has 0 spiro atoms. The van der Waals surface area contributed by atoms with Crippen LogP contribution in [-0.4, -0.2) is 23.6 Å². The van der Waals surface area contributed by atoms with E-state index in [9.17, 15) is 0 Å². The van der Waals surface area contributed by atoms with Crippen molar-refractivity contribution in [3.05, 3.63) is 0 Å². The van der Waals surface area contributed by atoms with Gasteiger partial charge in [-0.05, 0) is 31.9 Å². The highest BCUT2D eigenvalue weighted by Gasteiger charge is 2.36. The van der Waals surface area contributed by atoms with E-state index in [0.717, 1.165) is 5.92 Å². The van der Waals surface area contributed by atoms with Crippen molar-refractivity contribution in [2.24, 2.45) is 5.92 Å². The first-order valence-corrected chi connectivity index (χ1v) is 7.14. The van der Waals surface area contributed by atoms with Crippen molar-refractivity contribution < 1.29 is 0 Å². The molecule has 0 aromatic rings. The summed E-state index contributed by atoms with van der Waals surface area (Å²) < 4.78 is 0.585. The molecular formula is C12H25NS. The van der Waals surface area contributed by atoms with Crippen LogP contribution in [0, 0.1) is 5.92 Å². The molecular weight excluding hydrogens is 190 g/mol. The maximum atomic E-state index is 3.71. The van der Waals surface area contributed by atoms with Gasteiger partial charge >= 0.3 is 0 Å². The zero-order chi connectivity index (χ0) is 10.6. The standard InChI is InChI=1S/C12H25NS/c1-5-10(2)11(3)13-9-12(14-4)7-6-8-12/h10-11,13H,5-9H2,1-4H3. The first-order valence-electron chi connectivity index (χ1n) is 5.92. The molecule has 84 valence electrons. The number of hydrogen-bond acceptors (Lipinski definition) is 2. The van der Waals surface area contributed by atoms with Crippen LogP contribution >= 0.6 is 11.8 Å². The fourth-order valence-corrected chi connectivity index (χ4v) is 2.85. The fraction of sp³-hybridized carbons (Fsp3) is 1.00. The summed E-state index contributed by atoms with van der Waals surface area (Å²) in [7, 11) is 0. The van der Waals surface area contributed by atoms with Crippen LogP contribution in [0.1, 0.15) is 46.5 Å². The van der Waals surface area contributed by atoms with Crippen LogP contribution in [-0.2, 0) is 0 Å². The SMILES string of the molecule is CCC(C)C(C)NCC1(SC)CCC1. The summed E-state index contributed by atoms with van der Waals surface area (Å²) in [6.07, 6.45) is 7.79. The predicted octanol–water partition coefficient (Wildman–Crippen LogP) is 3.30. The summed E-state index contributed by atoms with van der Waals surface area (Å²) in [5, 5.41) is 3.71. The van der Waals surface area contributed by atoms with Gasteiger partial charge in [0.15, 0.2) is 0 Å². The number of nitrogens with one attached hydrogen (secondary N) is 1. The second-order valence-electron chi connectivity index (χ2n) is 4.80. The Bertz CT molecular complexity index is 160. The molecule has 0 heterocycles. The normalized spacial score (nSPS) is 24.0. The Hall–Kier alpha value is 0.310. The van der Waals surface area contributed by atoms with Gasteiger partial charge in [0.2, 0.25) is 0 Å². The average molecular weight is 215 g/mol. The summed E-state index contributed by atoms with van der Waals surface area (Å²) in [6.45, 7) is 8.14. The highest BCUT2D eigenvalue weighted by atomic mass is 32.2. The molecule has 1 saturated carbocycles. The minimum absolute atomic E-state index is 0.585. The van der Waals surface area contributed by atoms with E-state index < -0.39 is 0 Å². The minimum atomic E-state index is 0.585. The third-order valence-electron chi connectivity index (χ3n) is 3.94. The van der Waals surface area contributed by atoms with Gasteiger partial charge in [-0.2, -0.15) is 11.8 Å². The third kappa shape index (κ3) is 2.90. The van der Waals surface area contributed by atoms with Crippen LogP contribution in [0.4, 0.5) is 0 Å². The topological polar surface area (TPSA) is 12.0 Å². The van der Waals surface area contributed by atoms with Gasteiger partial charge in [-0.25, -0.2) is 0 Å². The first-order chi connectivity index (χ1) is 6.63. The van der Waals surface area contributed by atoms with Crippen molar-refractivity contribution in [3.8, 4) is 0 Å². The fourth-order valence-electron chi connectivity index (χ4n) is 1.93. The van der Waals surface area contributed by atoms with Gasteiger partial charge in [-0.1, -0.05) is 26.7 Å². The molecule has 0 saturated heterocycles. The molecule has 2 atom stereocenters.